The van der Waals surface area contributed by atoms with Crippen molar-refractivity contribution in [1.82, 2.24) is 14.6 Å². The second-order valence-electron chi connectivity index (χ2n) is 4.00. The average Bonchev–Trinajstić information content (AvgIpc) is 2.99. The van der Waals surface area contributed by atoms with E-state index in [1.165, 1.54) is 4.52 Å². The number of fused-ring (bicyclic) bond motifs is 2. The Bertz CT molecular complexity index is 879. The van der Waals surface area contributed by atoms with Gasteiger partial charge < -0.3 is 4.42 Å². The minimum Gasteiger partial charge on any atom is -0.454 e. The molecule has 4 aromatic rings. The zero-order valence-corrected chi connectivity index (χ0v) is 11.7. The summed E-state index contributed by atoms with van der Waals surface area (Å²) in [4.78, 5) is 4.80. The largest absolute Gasteiger partial charge is 0.454 e. The first kappa shape index (κ1) is 11.1. The summed E-state index contributed by atoms with van der Waals surface area (Å²) in [5.74, 6) is 0.645. The number of benzene rings is 1. The minimum atomic E-state index is -0.498. The third-order valence-electron chi connectivity index (χ3n) is 2.75. The minimum absolute atomic E-state index is 0.498. The lowest BCUT2D eigenvalue weighted by atomic mass is 10.2. The Labute approximate surface area is 118 Å². The summed E-state index contributed by atoms with van der Waals surface area (Å²) in [5.41, 5.74) is 1.43. The zero-order valence-electron chi connectivity index (χ0n) is 9.30. The van der Waals surface area contributed by atoms with Crippen LogP contribution in [0.5, 0.6) is 0 Å². The molecule has 0 unspecified atom stereocenters. The smallest absolute Gasteiger partial charge is 0.289 e. The van der Waals surface area contributed by atoms with Crippen LogP contribution in [0.2, 0.25) is 0 Å². The van der Waals surface area contributed by atoms with Gasteiger partial charge in [0.15, 0.2) is 5.76 Å². The van der Waals surface area contributed by atoms with Gasteiger partial charge in [0.1, 0.15) is 11.3 Å². The molecule has 3 aromatic heterocycles. The molecule has 0 saturated heterocycles. The first-order chi connectivity index (χ1) is 9.19. The summed E-state index contributed by atoms with van der Waals surface area (Å²) in [7, 11) is 0. The van der Waals surface area contributed by atoms with Crippen molar-refractivity contribution in [3.8, 4) is 11.5 Å². The number of halogens is 2. The van der Waals surface area contributed by atoms with E-state index in [-0.39, 0.29) is 0 Å². The summed E-state index contributed by atoms with van der Waals surface area (Å²) >= 11 is 4.32. The third-order valence-corrected chi connectivity index (χ3v) is 3.95. The van der Waals surface area contributed by atoms with Gasteiger partial charge in [0.25, 0.3) is 5.26 Å². The summed E-state index contributed by atoms with van der Waals surface area (Å²) in [6.07, 6.45) is 1.65. The Hall–Kier alpha value is -1.73. The van der Waals surface area contributed by atoms with Gasteiger partial charge in [-0.15, -0.1) is 5.10 Å². The van der Waals surface area contributed by atoms with Crippen LogP contribution in [-0.2, 0) is 0 Å². The molecule has 1 aromatic carbocycles. The molecule has 3 heterocycles. The van der Waals surface area contributed by atoms with Crippen molar-refractivity contribution in [2.24, 2.45) is 0 Å². The number of nitrogens with zero attached hydrogens (tertiary/aromatic N) is 3. The van der Waals surface area contributed by atoms with E-state index in [0.29, 0.717) is 16.4 Å². The summed E-state index contributed by atoms with van der Waals surface area (Å²) < 4.78 is 21.0. The Morgan fingerprint density at radius 1 is 1.32 bits per heavy atom. The van der Waals surface area contributed by atoms with Gasteiger partial charge in [-0.2, -0.15) is 4.39 Å². The number of hydrogen-bond donors (Lipinski definition) is 0. The quantitative estimate of drug-likeness (QED) is 0.525. The van der Waals surface area contributed by atoms with Gasteiger partial charge in [0.2, 0.25) is 4.96 Å². The lowest BCUT2D eigenvalue weighted by Crippen LogP contribution is -1.80. The monoisotopic (exact) mass is 337 g/mol. The highest BCUT2D eigenvalue weighted by molar-refractivity contribution is 9.10. The number of imidazole rings is 1. The normalized spacial score (nSPS) is 11.7. The van der Waals surface area contributed by atoms with Crippen LogP contribution >= 0.6 is 27.3 Å². The summed E-state index contributed by atoms with van der Waals surface area (Å²) in [5, 5.41) is 4.17. The van der Waals surface area contributed by atoms with E-state index in [9.17, 15) is 4.39 Å². The Balaban J connectivity index is 1.90. The maximum Gasteiger partial charge on any atom is 0.289 e. The van der Waals surface area contributed by atoms with Crippen LogP contribution in [0.4, 0.5) is 4.39 Å². The SMILES string of the molecule is Fc1nn2cc(-c3cc4cc(Br)ccc4o3)nc2s1. The van der Waals surface area contributed by atoms with E-state index >= 15 is 0 Å². The molecule has 4 rings (SSSR count). The summed E-state index contributed by atoms with van der Waals surface area (Å²) in [6, 6.07) is 7.68. The molecule has 7 heteroatoms. The second-order valence-corrected chi connectivity index (χ2v) is 5.82. The van der Waals surface area contributed by atoms with Crippen molar-refractivity contribution >= 4 is 43.2 Å². The fourth-order valence-corrected chi connectivity index (χ4v) is 2.92. The first-order valence-electron chi connectivity index (χ1n) is 5.40. The second kappa shape index (κ2) is 3.88. The maximum absolute atomic E-state index is 12.9. The van der Waals surface area contributed by atoms with E-state index in [1.54, 1.807) is 6.20 Å². The molecule has 0 spiro atoms. The van der Waals surface area contributed by atoms with Crippen molar-refractivity contribution in [1.29, 1.82) is 0 Å². The predicted octanol–water partition coefficient (Wildman–Crippen LogP) is 4.11. The van der Waals surface area contributed by atoms with Crippen molar-refractivity contribution in [3.63, 3.8) is 0 Å². The number of rotatable bonds is 1. The molecule has 4 nitrogen and oxygen atoms in total. The van der Waals surface area contributed by atoms with E-state index in [4.69, 9.17) is 4.42 Å². The lowest BCUT2D eigenvalue weighted by molar-refractivity contribution is 0.592. The van der Waals surface area contributed by atoms with Crippen LogP contribution in [-0.4, -0.2) is 14.6 Å². The molecule has 0 saturated carbocycles. The molecule has 0 fully saturated rings. The van der Waals surface area contributed by atoms with Crippen LogP contribution < -0.4 is 0 Å². The molecular weight excluding hydrogens is 333 g/mol. The van der Waals surface area contributed by atoms with Gasteiger partial charge in [-0.1, -0.05) is 15.9 Å². The van der Waals surface area contributed by atoms with Crippen LogP contribution in [0.3, 0.4) is 0 Å². The standard InChI is InChI=1S/C12H5BrFN3OS/c13-7-1-2-9-6(3-7)4-10(18-9)8-5-17-12(15-8)19-11(14)16-17/h1-5H. The molecule has 0 radical (unpaired) electrons. The van der Waals surface area contributed by atoms with Gasteiger partial charge >= 0.3 is 0 Å². The predicted molar refractivity (Wildman–Crippen MR) is 73.7 cm³/mol. The fourth-order valence-electron chi connectivity index (χ4n) is 1.94. The Morgan fingerprint density at radius 2 is 2.21 bits per heavy atom. The van der Waals surface area contributed by atoms with Crippen molar-refractivity contribution in [2.75, 3.05) is 0 Å². The lowest BCUT2D eigenvalue weighted by Gasteiger charge is -1.88. The number of hydrogen-bond acceptors (Lipinski definition) is 4. The molecule has 0 N–H and O–H groups in total. The van der Waals surface area contributed by atoms with Crippen molar-refractivity contribution in [3.05, 3.63) is 40.2 Å². The van der Waals surface area contributed by atoms with E-state index in [0.717, 1.165) is 26.8 Å². The van der Waals surface area contributed by atoms with Crippen molar-refractivity contribution < 1.29 is 8.81 Å². The molecule has 94 valence electrons. The molecule has 0 aliphatic heterocycles. The zero-order chi connectivity index (χ0) is 13.0. The van der Waals surface area contributed by atoms with Crippen LogP contribution in [0.1, 0.15) is 0 Å². The van der Waals surface area contributed by atoms with Gasteiger partial charge in [-0.05, 0) is 35.6 Å². The highest BCUT2D eigenvalue weighted by atomic mass is 79.9. The topological polar surface area (TPSA) is 43.3 Å². The van der Waals surface area contributed by atoms with Gasteiger partial charge in [0, 0.05) is 9.86 Å². The van der Waals surface area contributed by atoms with E-state index in [2.05, 4.69) is 26.0 Å². The van der Waals surface area contributed by atoms with Gasteiger partial charge in [-0.3, -0.25) is 0 Å². The van der Waals surface area contributed by atoms with Gasteiger partial charge in [-0.25, -0.2) is 9.50 Å². The van der Waals surface area contributed by atoms with Crippen molar-refractivity contribution in [2.45, 2.75) is 0 Å². The summed E-state index contributed by atoms with van der Waals surface area (Å²) in [6.45, 7) is 0. The van der Waals surface area contributed by atoms with Gasteiger partial charge in [0.05, 0.1) is 6.20 Å². The fraction of sp³-hybridized carbons (Fsp3) is 0. The number of furan rings is 1. The molecule has 0 amide bonds. The molecule has 0 aliphatic carbocycles. The first-order valence-corrected chi connectivity index (χ1v) is 7.01. The number of aromatic nitrogens is 3. The van der Waals surface area contributed by atoms with E-state index < -0.39 is 5.26 Å². The highest BCUT2D eigenvalue weighted by Gasteiger charge is 2.13. The molecular formula is C12H5BrFN3OS. The Kier molecular flexibility index (Phi) is 2.27. The van der Waals surface area contributed by atoms with Crippen LogP contribution in [0, 0.1) is 5.26 Å². The molecule has 0 atom stereocenters. The Morgan fingerprint density at radius 3 is 3.05 bits per heavy atom. The van der Waals surface area contributed by atoms with Crippen LogP contribution in [0.25, 0.3) is 27.4 Å². The van der Waals surface area contributed by atoms with Crippen LogP contribution in [0.15, 0.2) is 39.4 Å². The molecule has 19 heavy (non-hydrogen) atoms. The molecule has 0 bridgehead atoms. The maximum atomic E-state index is 12.9. The average molecular weight is 338 g/mol. The van der Waals surface area contributed by atoms with E-state index in [1.807, 2.05) is 24.3 Å². The highest BCUT2D eigenvalue weighted by Crippen LogP contribution is 2.29. The molecule has 0 aliphatic rings. The third kappa shape index (κ3) is 1.77.